The van der Waals surface area contributed by atoms with Crippen molar-refractivity contribution < 1.29 is 52.0 Å². The molecule has 0 radical (unpaired) electrons. The summed E-state index contributed by atoms with van der Waals surface area (Å²) in [6.07, 6.45) is -10.0. The Morgan fingerprint density at radius 2 is 0.895 bits per heavy atom. The first kappa shape index (κ1) is 18.3. The number of sulfonamides is 2. The van der Waals surface area contributed by atoms with Crippen LogP contribution in [0.1, 0.15) is 0 Å². The highest BCUT2D eigenvalue weighted by atomic mass is 32.3. The van der Waals surface area contributed by atoms with Gasteiger partial charge in [0.25, 0.3) is 0 Å². The molecule has 0 aromatic carbocycles. The molecule has 0 aliphatic carbocycles. The quantitative estimate of drug-likeness (QED) is 0.687. The summed E-state index contributed by atoms with van der Waals surface area (Å²) in [6, 6.07) is 0. The van der Waals surface area contributed by atoms with E-state index in [4.69, 9.17) is 0 Å². The lowest BCUT2D eigenvalue weighted by Gasteiger charge is -2.29. The Bertz CT molecular complexity index is 477. The summed E-state index contributed by atoms with van der Waals surface area (Å²) in [5.41, 5.74) is 0. The summed E-state index contributed by atoms with van der Waals surface area (Å²) in [4.78, 5) is 0. The molecule has 0 atom stereocenters. The molecule has 19 heavy (non-hydrogen) atoms. The lowest BCUT2D eigenvalue weighted by molar-refractivity contribution is -0.0646. The van der Waals surface area contributed by atoms with E-state index < -0.39 is 43.4 Å². The number of hydrogen-bond acceptors (Lipinski definition) is 4. The van der Waals surface area contributed by atoms with Gasteiger partial charge in [-0.3, -0.25) is 0 Å². The zero-order valence-corrected chi connectivity index (χ0v) is 9.71. The minimum Gasteiger partial charge on any atom is -0.425 e. The summed E-state index contributed by atoms with van der Waals surface area (Å²) in [6.45, 7) is 0. The van der Waals surface area contributed by atoms with Crippen LogP contribution in [0.3, 0.4) is 0 Å². The first-order chi connectivity index (χ1) is 8.09. The standard InChI is InChI=1S/C4H2F8NO4S2/c5-1(6)3(9,10)18(14,15)13-19(16,17)4(11,12)2(7)8/h1-2H/q-1. The van der Waals surface area contributed by atoms with Gasteiger partial charge in [-0.2, -0.15) is 17.6 Å². The van der Waals surface area contributed by atoms with Gasteiger partial charge in [-0.25, -0.2) is 34.4 Å². The van der Waals surface area contributed by atoms with Crippen LogP contribution in [0.2, 0.25) is 0 Å². The summed E-state index contributed by atoms with van der Waals surface area (Å²) in [5, 5.41) is -12.3. The highest BCUT2D eigenvalue weighted by Crippen LogP contribution is 2.40. The Morgan fingerprint density at radius 1 is 0.684 bits per heavy atom. The Morgan fingerprint density at radius 3 is 1.05 bits per heavy atom. The predicted molar refractivity (Wildman–Crippen MR) is 43.1 cm³/mol. The minimum absolute atomic E-state index is 0.811. The van der Waals surface area contributed by atoms with Crippen molar-refractivity contribution in [2.45, 2.75) is 23.4 Å². The van der Waals surface area contributed by atoms with E-state index in [-0.39, 0.29) is 0 Å². The van der Waals surface area contributed by atoms with E-state index in [2.05, 4.69) is 0 Å². The third-order valence-electron chi connectivity index (χ3n) is 1.39. The Hall–Kier alpha value is -0.700. The van der Waals surface area contributed by atoms with Crippen LogP contribution in [-0.2, 0) is 20.0 Å². The van der Waals surface area contributed by atoms with Gasteiger partial charge in [0.2, 0.25) is 0 Å². The van der Waals surface area contributed by atoms with Crippen LogP contribution in [0.15, 0.2) is 0 Å². The maximum Gasteiger partial charge on any atom is 0.389 e. The molecule has 116 valence electrons. The van der Waals surface area contributed by atoms with Crippen LogP contribution in [-0.4, -0.2) is 40.2 Å². The zero-order chi connectivity index (χ0) is 15.9. The van der Waals surface area contributed by atoms with E-state index >= 15 is 0 Å². The molecule has 0 fully saturated rings. The predicted octanol–water partition coefficient (Wildman–Crippen LogP) is 1.74. The van der Waals surface area contributed by atoms with Crippen LogP contribution in [0.4, 0.5) is 35.1 Å². The number of hydrogen-bond donors (Lipinski definition) is 0. The van der Waals surface area contributed by atoms with Gasteiger partial charge >= 0.3 is 23.4 Å². The third kappa shape index (κ3) is 3.25. The van der Waals surface area contributed by atoms with Crippen LogP contribution in [0.25, 0.3) is 4.13 Å². The van der Waals surface area contributed by atoms with Gasteiger partial charge in [-0.1, -0.05) is 0 Å². The Balaban J connectivity index is 5.62. The molecule has 0 N–H and O–H groups in total. The van der Waals surface area contributed by atoms with Crippen LogP contribution < -0.4 is 0 Å². The number of nitrogens with zero attached hydrogens (tertiary/aromatic N) is 1. The molecule has 0 aromatic rings. The van der Waals surface area contributed by atoms with Crippen molar-refractivity contribution in [3.8, 4) is 0 Å². The molecular weight excluding hydrogens is 342 g/mol. The normalized spacial score (nSPS) is 15.3. The van der Waals surface area contributed by atoms with Gasteiger partial charge in [0.15, 0.2) is 20.0 Å². The van der Waals surface area contributed by atoms with Crippen molar-refractivity contribution in [2.75, 3.05) is 0 Å². The van der Waals surface area contributed by atoms with Gasteiger partial charge < -0.3 is 4.13 Å². The topological polar surface area (TPSA) is 82.4 Å². The molecular formula is C4H2F8NO4S2-. The highest BCUT2D eigenvalue weighted by molar-refractivity contribution is 8.13. The lowest BCUT2D eigenvalue weighted by Crippen LogP contribution is -2.41. The molecule has 0 saturated carbocycles. The first-order valence-electron chi connectivity index (χ1n) is 3.65. The minimum atomic E-state index is -6.99. The fourth-order valence-electron chi connectivity index (χ4n) is 0.454. The van der Waals surface area contributed by atoms with Gasteiger partial charge in [0.1, 0.15) is 0 Å². The number of rotatable bonds is 6. The second-order valence-electron chi connectivity index (χ2n) is 2.75. The molecule has 15 heteroatoms. The SMILES string of the molecule is O=S(=O)([N-]S(=O)(=O)C(F)(F)C(F)F)C(F)(F)C(F)F. The van der Waals surface area contributed by atoms with Gasteiger partial charge in [0.05, 0.1) is 0 Å². The van der Waals surface area contributed by atoms with Crippen LogP contribution >= 0.6 is 0 Å². The zero-order valence-electron chi connectivity index (χ0n) is 8.08. The third-order valence-corrected chi connectivity index (χ3v) is 4.69. The average Bonchev–Trinajstić information content (AvgIpc) is 2.14. The van der Waals surface area contributed by atoms with Crippen molar-refractivity contribution in [1.29, 1.82) is 0 Å². The lowest BCUT2D eigenvalue weighted by atomic mass is 10.7. The van der Waals surface area contributed by atoms with E-state index in [1.165, 1.54) is 0 Å². The largest absolute Gasteiger partial charge is 0.425 e. The van der Waals surface area contributed by atoms with Gasteiger partial charge in [-0.05, 0) is 0 Å². The summed E-state index contributed by atoms with van der Waals surface area (Å²) < 4.78 is 138. The molecule has 0 unspecified atom stereocenters. The van der Waals surface area contributed by atoms with E-state index in [1.807, 2.05) is 0 Å². The van der Waals surface area contributed by atoms with Crippen LogP contribution in [0, 0.1) is 0 Å². The maximum absolute atomic E-state index is 12.3. The second-order valence-corrected chi connectivity index (χ2v) is 6.33. The van der Waals surface area contributed by atoms with Crippen molar-refractivity contribution in [3.63, 3.8) is 0 Å². The molecule has 0 aliphatic rings. The maximum atomic E-state index is 12.3. The average molecular weight is 344 g/mol. The monoisotopic (exact) mass is 344 g/mol. The van der Waals surface area contributed by atoms with E-state index in [1.54, 1.807) is 0 Å². The second kappa shape index (κ2) is 5.01. The molecule has 0 spiro atoms. The smallest absolute Gasteiger partial charge is 0.389 e. The molecule has 0 heterocycles. The summed E-state index contributed by atoms with van der Waals surface area (Å²) in [5.74, 6) is 0. The molecule has 0 rings (SSSR count). The van der Waals surface area contributed by atoms with Crippen LogP contribution in [0.5, 0.6) is 0 Å². The van der Waals surface area contributed by atoms with Gasteiger partial charge in [0, 0.05) is 0 Å². The molecule has 0 aromatic heterocycles. The van der Waals surface area contributed by atoms with Crippen molar-refractivity contribution in [3.05, 3.63) is 4.13 Å². The highest BCUT2D eigenvalue weighted by Gasteiger charge is 2.55. The molecule has 0 aliphatic heterocycles. The summed E-state index contributed by atoms with van der Waals surface area (Å²) in [7, 11) is -14.0. The number of alkyl halides is 8. The molecule has 0 amide bonds. The first-order valence-corrected chi connectivity index (χ1v) is 6.53. The fourth-order valence-corrected chi connectivity index (χ4v) is 2.73. The molecule has 0 bridgehead atoms. The number of halogens is 8. The molecule has 5 nitrogen and oxygen atoms in total. The summed E-state index contributed by atoms with van der Waals surface area (Å²) >= 11 is 0. The van der Waals surface area contributed by atoms with Crippen molar-refractivity contribution >= 4 is 20.0 Å². The van der Waals surface area contributed by atoms with Crippen molar-refractivity contribution in [1.82, 2.24) is 0 Å². The van der Waals surface area contributed by atoms with E-state index in [0.29, 0.717) is 0 Å². The van der Waals surface area contributed by atoms with Crippen molar-refractivity contribution in [2.24, 2.45) is 0 Å². The van der Waals surface area contributed by atoms with Gasteiger partial charge in [-0.15, -0.1) is 0 Å². The van der Waals surface area contributed by atoms with E-state index in [0.717, 1.165) is 4.13 Å². The Labute approximate surface area is 100 Å². The Kier molecular flexibility index (Phi) is 4.82. The fraction of sp³-hybridized carbons (Fsp3) is 1.00. The molecule has 0 saturated heterocycles. The van der Waals surface area contributed by atoms with E-state index in [9.17, 15) is 52.0 Å².